The van der Waals surface area contributed by atoms with E-state index >= 15 is 0 Å². The first kappa shape index (κ1) is 17.1. The zero-order valence-electron chi connectivity index (χ0n) is 14.9. The Morgan fingerprint density at radius 1 is 1.07 bits per heavy atom. The zero-order valence-corrected chi connectivity index (χ0v) is 15.7. The summed E-state index contributed by atoms with van der Waals surface area (Å²) in [7, 11) is 0. The van der Waals surface area contributed by atoms with Crippen molar-refractivity contribution in [2.45, 2.75) is 13.8 Å². The molecule has 7 heteroatoms. The van der Waals surface area contributed by atoms with Crippen molar-refractivity contribution in [3.05, 3.63) is 65.5 Å². The Labute approximate surface area is 160 Å². The Hall–Kier alpha value is -3.32. The van der Waals surface area contributed by atoms with Crippen LogP contribution in [-0.4, -0.2) is 22.3 Å². The molecule has 0 unspecified atom stereocenters. The quantitative estimate of drug-likeness (QED) is 0.691. The van der Waals surface area contributed by atoms with Crippen LogP contribution in [0.1, 0.15) is 12.5 Å². The van der Waals surface area contributed by atoms with Crippen molar-refractivity contribution < 1.29 is 4.79 Å². The number of rotatable bonds is 4. The molecule has 0 bridgehead atoms. The number of anilines is 2. The number of hydrazone groups is 2. The number of nitrogens with zero attached hydrogens (tertiary/aromatic N) is 4. The van der Waals surface area contributed by atoms with Crippen LogP contribution in [0.15, 0.2) is 70.2 Å². The Morgan fingerprint density at radius 2 is 1.89 bits per heavy atom. The van der Waals surface area contributed by atoms with Crippen LogP contribution in [-0.2, 0) is 4.79 Å². The van der Waals surface area contributed by atoms with Gasteiger partial charge < -0.3 is 0 Å². The average molecular weight is 375 g/mol. The van der Waals surface area contributed by atoms with Gasteiger partial charge in [0.25, 0.3) is 0 Å². The SMILES string of the molecule is CC1=NN(c2nc(-c3ccccc3)cs2)C(=O)/C1=N\Nc1cccc(C)c1. The minimum absolute atomic E-state index is 0.285. The van der Waals surface area contributed by atoms with E-state index in [1.54, 1.807) is 6.92 Å². The van der Waals surface area contributed by atoms with Gasteiger partial charge in [-0.3, -0.25) is 10.2 Å². The van der Waals surface area contributed by atoms with Gasteiger partial charge in [0.1, 0.15) is 0 Å². The second-order valence-corrected chi connectivity index (χ2v) is 6.96. The summed E-state index contributed by atoms with van der Waals surface area (Å²) in [4.78, 5) is 17.3. The van der Waals surface area contributed by atoms with Crippen LogP contribution in [0.3, 0.4) is 0 Å². The number of benzene rings is 2. The molecule has 1 aliphatic rings. The number of aromatic nitrogens is 1. The van der Waals surface area contributed by atoms with E-state index in [0.717, 1.165) is 22.5 Å². The normalized spacial score (nSPS) is 15.3. The second kappa shape index (κ2) is 7.13. The van der Waals surface area contributed by atoms with E-state index < -0.39 is 0 Å². The Morgan fingerprint density at radius 3 is 2.67 bits per heavy atom. The lowest BCUT2D eigenvalue weighted by Gasteiger charge is -2.06. The van der Waals surface area contributed by atoms with Gasteiger partial charge in [0.05, 0.1) is 17.1 Å². The van der Waals surface area contributed by atoms with Gasteiger partial charge in [-0.05, 0) is 31.5 Å². The highest BCUT2D eigenvalue weighted by Crippen LogP contribution is 2.29. The molecule has 27 heavy (non-hydrogen) atoms. The number of carbonyl (C=O) groups is 1. The first-order valence-corrected chi connectivity index (χ1v) is 9.31. The van der Waals surface area contributed by atoms with E-state index in [4.69, 9.17) is 0 Å². The molecule has 0 saturated heterocycles. The lowest BCUT2D eigenvalue weighted by atomic mass is 10.2. The molecule has 0 spiro atoms. The maximum absolute atomic E-state index is 12.8. The molecular weight excluding hydrogens is 358 g/mol. The molecule has 1 amide bonds. The van der Waals surface area contributed by atoms with Crippen LogP contribution < -0.4 is 10.4 Å². The van der Waals surface area contributed by atoms with E-state index in [1.165, 1.54) is 16.3 Å². The number of amides is 1. The van der Waals surface area contributed by atoms with Crippen molar-refractivity contribution in [1.29, 1.82) is 0 Å². The Balaban J connectivity index is 1.55. The van der Waals surface area contributed by atoms with Gasteiger partial charge in [0, 0.05) is 10.9 Å². The lowest BCUT2D eigenvalue weighted by molar-refractivity contribution is -0.112. The molecule has 4 rings (SSSR count). The second-order valence-electron chi connectivity index (χ2n) is 6.13. The summed E-state index contributed by atoms with van der Waals surface area (Å²) in [6.07, 6.45) is 0. The van der Waals surface area contributed by atoms with Gasteiger partial charge >= 0.3 is 5.91 Å². The van der Waals surface area contributed by atoms with Crippen molar-refractivity contribution in [3.63, 3.8) is 0 Å². The molecule has 0 atom stereocenters. The molecular formula is C20H17N5OS. The number of hydrogen-bond donors (Lipinski definition) is 1. The molecule has 0 aliphatic carbocycles. The van der Waals surface area contributed by atoms with Crippen LogP contribution in [0.2, 0.25) is 0 Å². The summed E-state index contributed by atoms with van der Waals surface area (Å²) in [6, 6.07) is 17.6. The summed E-state index contributed by atoms with van der Waals surface area (Å²) >= 11 is 1.38. The maximum Gasteiger partial charge on any atom is 0.303 e. The molecule has 0 saturated carbocycles. The predicted molar refractivity (Wildman–Crippen MR) is 110 cm³/mol. The van der Waals surface area contributed by atoms with Crippen molar-refractivity contribution in [2.24, 2.45) is 10.2 Å². The third-order valence-corrected chi connectivity index (χ3v) is 4.86. The van der Waals surface area contributed by atoms with Crippen LogP contribution in [0.4, 0.5) is 10.8 Å². The van der Waals surface area contributed by atoms with Gasteiger partial charge in [-0.1, -0.05) is 42.5 Å². The van der Waals surface area contributed by atoms with Crippen LogP contribution in [0.25, 0.3) is 11.3 Å². The number of carbonyl (C=O) groups excluding carboxylic acids is 1. The number of nitrogens with one attached hydrogen (secondary N) is 1. The summed E-state index contributed by atoms with van der Waals surface area (Å²) in [5.41, 5.74) is 7.53. The van der Waals surface area contributed by atoms with Crippen LogP contribution in [0, 0.1) is 6.92 Å². The molecule has 0 fully saturated rings. The van der Waals surface area contributed by atoms with Crippen molar-refractivity contribution >= 4 is 39.5 Å². The third-order valence-electron chi connectivity index (χ3n) is 4.05. The molecule has 1 aliphatic heterocycles. The van der Waals surface area contributed by atoms with E-state index in [0.29, 0.717) is 10.8 Å². The summed E-state index contributed by atoms with van der Waals surface area (Å²) < 4.78 is 0. The summed E-state index contributed by atoms with van der Waals surface area (Å²) in [5.74, 6) is -0.290. The minimum atomic E-state index is -0.290. The van der Waals surface area contributed by atoms with Crippen molar-refractivity contribution in [1.82, 2.24) is 4.98 Å². The lowest BCUT2D eigenvalue weighted by Crippen LogP contribution is -2.27. The van der Waals surface area contributed by atoms with E-state index in [-0.39, 0.29) is 11.6 Å². The summed E-state index contributed by atoms with van der Waals surface area (Å²) in [5, 5.41) is 12.3. The van der Waals surface area contributed by atoms with Crippen LogP contribution >= 0.6 is 11.3 Å². The molecule has 1 N–H and O–H groups in total. The maximum atomic E-state index is 12.8. The van der Waals surface area contributed by atoms with Crippen molar-refractivity contribution in [2.75, 3.05) is 10.4 Å². The summed E-state index contributed by atoms with van der Waals surface area (Å²) in [6.45, 7) is 3.76. The van der Waals surface area contributed by atoms with Crippen molar-refractivity contribution in [3.8, 4) is 11.3 Å². The fraction of sp³-hybridized carbons (Fsp3) is 0.100. The number of thiazole rings is 1. The first-order chi connectivity index (χ1) is 13.1. The van der Waals surface area contributed by atoms with Gasteiger partial charge in [-0.25, -0.2) is 4.98 Å². The predicted octanol–water partition coefficient (Wildman–Crippen LogP) is 4.31. The molecule has 1 aromatic heterocycles. The monoisotopic (exact) mass is 375 g/mol. The minimum Gasteiger partial charge on any atom is -0.278 e. The molecule has 2 heterocycles. The van der Waals surface area contributed by atoms with Gasteiger partial charge in [0.2, 0.25) is 5.13 Å². The smallest absolute Gasteiger partial charge is 0.278 e. The molecule has 134 valence electrons. The topological polar surface area (TPSA) is 70.0 Å². The molecule has 6 nitrogen and oxygen atoms in total. The highest BCUT2D eigenvalue weighted by atomic mass is 32.1. The standard InChI is InChI=1S/C20H17N5OS/c1-13-7-6-10-16(11-13)22-23-18-14(2)24-25(19(18)26)20-21-17(12-27-20)15-8-4-3-5-9-15/h3-12,22H,1-2H3/b23-18-. The molecule has 3 aromatic rings. The Kier molecular flexibility index (Phi) is 4.52. The third kappa shape index (κ3) is 3.50. The molecule has 0 radical (unpaired) electrons. The van der Waals surface area contributed by atoms with Crippen LogP contribution in [0.5, 0.6) is 0 Å². The first-order valence-electron chi connectivity index (χ1n) is 8.43. The van der Waals surface area contributed by atoms with Gasteiger partial charge in [0.15, 0.2) is 5.71 Å². The van der Waals surface area contributed by atoms with E-state index in [9.17, 15) is 4.79 Å². The number of hydrogen-bond acceptors (Lipinski definition) is 6. The zero-order chi connectivity index (χ0) is 18.8. The van der Waals surface area contributed by atoms with Gasteiger partial charge in [-0.15, -0.1) is 11.3 Å². The van der Waals surface area contributed by atoms with Gasteiger partial charge in [-0.2, -0.15) is 15.2 Å². The number of aryl methyl sites for hydroxylation is 1. The fourth-order valence-corrected chi connectivity index (χ4v) is 3.47. The highest BCUT2D eigenvalue weighted by Gasteiger charge is 2.32. The average Bonchev–Trinajstić information content (AvgIpc) is 3.26. The largest absolute Gasteiger partial charge is 0.303 e. The van der Waals surface area contributed by atoms with E-state index in [2.05, 4.69) is 20.6 Å². The Bertz CT molecular complexity index is 1050. The van der Waals surface area contributed by atoms with E-state index in [1.807, 2.05) is 66.9 Å². The highest BCUT2D eigenvalue weighted by molar-refractivity contribution is 7.14. The molecule has 2 aromatic carbocycles. The fourth-order valence-electron chi connectivity index (χ4n) is 2.69.